The van der Waals surface area contributed by atoms with Gasteiger partial charge >= 0.3 is 0 Å². The van der Waals surface area contributed by atoms with Gasteiger partial charge < -0.3 is 5.73 Å². The predicted molar refractivity (Wildman–Crippen MR) is 58.9 cm³/mol. The quantitative estimate of drug-likeness (QED) is 0.775. The van der Waals surface area contributed by atoms with Crippen molar-refractivity contribution < 1.29 is 4.79 Å². The molecule has 1 atom stereocenters. The summed E-state index contributed by atoms with van der Waals surface area (Å²) in [4.78, 5) is 11.2. The Bertz CT molecular complexity index is 417. The molecule has 1 aromatic carbocycles. The van der Waals surface area contributed by atoms with E-state index in [4.69, 9.17) is 5.73 Å². The van der Waals surface area contributed by atoms with Gasteiger partial charge in [0, 0.05) is 11.5 Å². The van der Waals surface area contributed by atoms with Crippen LogP contribution >= 0.6 is 0 Å². The van der Waals surface area contributed by atoms with E-state index in [1.807, 2.05) is 36.4 Å². The minimum Gasteiger partial charge on any atom is -0.366 e. The summed E-state index contributed by atoms with van der Waals surface area (Å²) in [6.07, 6.45) is 7.34. The lowest BCUT2D eigenvalue weighted by Crippen LogP contribution is -2.20. The summed E-state index contributed by atoms with van der Waals surface area (Å²) >= 11 is 0. The van der Waals surface area contributed by atoms with Crippen LogP contribution in [0.2, 0.25) is 0 Å². The van der Waals surface area contributed by atoms with E-state index in [-0.39, 0.29) is 11.8 Å². The summed E-state index contributed by atoms with van der Waals surface area (Å²) < 4.78 is 0. The number of rotatable bonds is 2. The van der Waals surface area contributed by atoms with E-state index in [1.165, 1.54) is 0 Å². The average Bonchev–Trinajstić information content (AvgIpc) is 2.30. The van der Waals surface area contributed by atoms with Gasteiger partial charge in [0.1, 0.15) is 0 Å². The number of allylic oxidation sites excluding steroid dienone is 3. The Kier molecular flexibility index (Phi) is 2.68. The van der Waals surface area contributed by atoms with Crippen molar-refractivity contribution in [2.45, 2.75) is 12.3 Å². The second-order valence-corrected chi connectivity index (χ2v) is 3.53. The molecular weight excluding hydrogens is 186 g/mol. The van der Waals surface area contributed by atoms with Gasteiger partial charge in [-0.2, -0.15) is 0 Å². The number of benzene rings is 1. The summed E-state index contributed by atoms with van der Waals surface area (Å²) in [5.41, 5.74) is 7.10. The minimum atomic E-state index is -0.357. The largest absolute Gasteiger partial charge is 0.366 e. The molecule has 2 nitrogen and oxygen atoms in total. The molecule has 0 heterocycles. The van der Waals surface area contributed by atoms with Crippen LogP contribution in [-0.4, -0.2) is 5.91 Å². The third-order valence-electron chi connectivity index (χ3n) is 2.57. The molecule has 1 radical (unpaired) electrons. The highest BCUT2D eigenvalue weighted by atomic mass is 16.1. The van der Waals surface area contributed by atoms with Crippen LogP contribution in [0.1, 0.15) is 17.9 Å². The second kappa shape index (κ2) is 4.13. The molecular formula is C13H12NO. The molecule has 0 spiro atoms. The predicted octanol–water partition coefficient (Wildman–Crippen LogP) is 1.94. The molecule has 15 heavy (non-hydrogen) atoms. The summed E-state index contributed by atoms with van der Waals surface area (Å²) in [5.74, 6) is -0.269. The van der Waals surface area contributed by atoms with E-state index < -0.39 is 0 Å². The number of primary amides is 1. The SMILES string of the molecule is NC(=O)C1=C[C]=CC[C@@H]1c1ccccc1. The fourth-order valence-electron chi connectivity index (χ4n) is 1.81. The van der Waals surface area contributed by atoms with Crippen LogP contribution in [0.4, 0.5) is 0 Å². The zero-order valence-electron chi connectivity index (χ0n) is 8.31. The molecule has 75 valence electrons. The molecule has 1 aromatic rings. The van der Waals surface area contributed by atoms with E-state index in [1.54, 1.807) is 6.08 Å². The zero-order valence-corrected chi connectivity index (χ0v) is 8.31. The summed E-state index contributed by atoms with van der Waals surface area (Å²) in [5, 5.41) is 0. The number of carbonyl (C=O) groups excluding carboxylic acids is 1. The van der Waals surface area contributed by atoms with Crippen LogP contribution in [-0.2, 0) is 4.79 Å². The van der Waals surface area contributed by atoms with Gasteiger partial charge in [-0.3, -0.25) is 4.79 Å². The highest BCUT2D eigenvalue weighted by Crippen LogP contribution is 2.30. The van der Waals surface area contributed by atoms with E-state index in [0.29, 0.717) is 5.57 Å². The standard InChI is InChI=1S/C13H12NO/c14-13(15)12-9-5-4-8-11(12)10-6-2-1-3-7-10/h1-4,6-7,9,11H,8H2,(H2,14,15)/t11-/m1/s1. The minimum absolute atomic E-state index is 0.0879. The average molecular weight is 198 g/mol. The van der Waals surface area contributed by atoms with Crippen LogP contribution < -0.4 is 5.73 Å². The van der Waals surface area contributed by atoms with Crippen LogP contribution in [0.5, 0.6) is 0 Å². The first-order valence-corrected chi connectivity index (χ1v) is 4.91. The van der Waals surface area contributed by atoms with Crippen LogP contribution in [0.25, 0.3) is 0 Å². The Morgan fingerprint density at radius 1 is 1.33 bits per heavy atom. The number of hydrogen-bond donors (Lipinski definition) is 1. The van der Waals surface area contributed by atoms with Gasteiger partial charge in [0.15, 0.2) is 0 Å². The zero-order chi connectivity index (χ0) is 10.7. The van der Waals surface area contributed by atoms with Crippen molar-refractivity contribution in [1.82, 2.24) is 0 Å². The second-order valence-electron chi connectivity index (χ2n) is 3.53. The Labute approximate surface area is 89.1 Å². The van der Waals surface area contributed by atoms with Crippen molar-refractivity contribution in [3.63, 3.8) is 0 Å². The molecule has 1 amide bonds. The highest BCUT2D eigenvalue weighted by Gasteiger charge is 2.20. The maximum Gasteiger partial charge on any atom is 0.245 e. The summed E-state index contributed by atoms with van der Waals surface area (Å²) in [6.45, 7) is 0. The van der Waals surface area contributed by atoms with E-state index in [9.17, 15) is 4.79 Å². The van der Waals surface area contributed by atoms with Crippen molar-refractivity contribution in [1.29, 1.82) is 0 Å². The first-order valence-electron chi connectivity index (χ1n) is 4.91. The molecule has 0 saturated carbocycles. The van der Waals surface area contributed by atoms with Crippen molar-refractivity contribution in [3.8, 4) is 0 Å². The van der Waals surface area contributed by atoms with E-state index in [2.05, 4.69) is 6.08 Å². The maximum absolute atomic E-state index is 11.2. The van der Waals surface area contributed by atoms with Crippen LogP contribution in [0.15, 0.2) is 48.1 Å². The van der Waals surface area contributed by atoms with Gasteiger partial charge in [-0.1, -0.05) is 36.4 Å². The van der Waals surface area contributed by atoms with Gasteiger partial charge in [-0.15, -0.1) is 0 Å². The van der Waals surface area contributed by atoms with Crippen molar-refractivity contribution in [3.05, 3.63) is 59.7 Å². The Morgan fingerprint density at radius 2 is 2.07 bits per heavy atom. The lowest BCUT2D eigenvalue weighted by Gasteiger charge is -2.19. The van der Waals surface area contributed by atoms with Gasteiger partial charge in [0.05, 0.1) is 0 Å². The Balaban J connectivity index is 2.34. The fourth-order valence-corrected chi connectivity index (χ4v) is 1.81. The fraction of sp³-hybridized carbons (Fsp3) is 0.154. The first-order chi connectivity index (χ1) is 7.29. The molecule has 0 aliphatic heterocycles. The molecule has 0 bridgehead atoms. The Morgan fingerprint density at radius 3 is 2.73 bits per heavy atom. The lowest BCUT2D eigenvalue weighted by atomic mass is 9.85. The third kappa shape index (κ3) is 1.99. The lowest BCUT2D eigenvalue weighted by molar-refractivity contribution is -0.114. The monoisotopic (exact) mass is 198 g/mol. The molecule has 1 aliphatic rings. The third-order valence-corrected chi connectivity index (χ3v) is 2.57. The Hall–Kier alpha value is -1.83. The summed E-state index contributed by atoms with van der Waals surface area (Å²) in [6, 6.07) is 9.93. The van der Waals surface area contributed by atoms with Gasteiger partial charge in [-0.05, 0) is 24.1 Å². The van der Waals surface area contributed by atoms with Crippen molar-refractivity contribution >= 4 is 5.91 Å². The normalized spacial score (nSPS) is 19.7. The number of hydrogen-bond acceptors (Lipinski definition) is 1. The van der Waals surface area contributed by atoms with Gasteiger partial charge in [-0.25, -0.2) is 0 Å². The number of carbonyl (C=O) groups is 1. The molecule has 0 fully saturated rings. The topological polar surface area (TPSA) is 43.1 Å². The molecule has 2 rings (SSSR count). The van der Waals surface area contributed by atoms with E-state index in [0.717, 1.165) is 12.0 Å². The van der Waals surface area contributed by atoms with Gasteiger partial charge in [0.2, 0.25) is 5.91 Å². The first kappa shape index (κ1) is 9.71. The van der Waals surface area contributed by atoms with Crippen LogP contribution in [0, 0.1) is 6.08 Å². The van der Waals surface area contributed by atoms with Crippen LogP contribution in [0.3, 0.4) is 0 Å². The molecule has 2 N–H and O–H groups in total. The molecule has 2 heteroatoms. The van der Waals surface area contributed by atoms with Crippen molar-refractivity contribution in [2.75, 3.05) is 0 Å². The number of amides is 1. The summed E-state index contributed by atoms with van der Waals surface area (Å²) in [7, 11) is 0. The number of nitrogens with two attached hydrogens (primary N) is 1. The van der Waals surface area contributed by atoms with E-state index >= 15 is 0 Å². The molecule has 1 aliphatic carbocycles. The maximum atomic E-state index is 11.2. The van der Waals surface area contributed by atoms with Crippen molar-refractivity contribution in [2.24, 2.45) is 5.73 Å². The smallest absolute Gasteiger partial charge is 0.245 e. The molecule has 0 aromatic heterocycles. The molecule has 0 saturated heterocycles. The molecule has 0 unspecified atom stereocenters. The highest BCUT2D eigenvalue weighted by molar-refractivity contribution is 5.94. The van der Waals surface area contributed by atoms with Gasteiger partial charge in [0.25, 0.3) is 0 Å².